The molecular weight excluding hydrogens is 262 g/mol. The van der Waals surface area contributed by atoms with Crippen LogP contribution in [-0.2, 0) is 0 Å². The van der Waals surface area contributed by atoms with E-state index < -0.39 is 0 Å². The lowest BCUT2D eigenvalue weighted by atomic mass is 10.1. The molecule has 0 unspecified atom stereocenters. The molecule has 1 aromatic carbocycles. The molecule has 0 fully saturated rings. The van der Waals surface area contributed by atoms with Crippen LogP contribution in [0.25, 0.3) is 0 Å². The Morgan fingerprint density at radius 2 is 2.16 bits per heavy atom. The number of hydrogen-bond donors (Lipinski definition) is 2. The third-order valence-electron chi connectivity index (χ3n) is 2.62. The Bertz CT molecular complexity index is 484. The quantitative estimate of drug-likeness (QED) is 0.495. The number of rotatable bonds is 5. The van der Waals surface area contributed by atoms with E-state index in [1.54, 1.807) is 12.1 Å². The summed E-state index contributed by atoms with van der Waals surface area (Å²) >= 11 is 5.61. The molecule has 4 nitrogen and oxygen atoms in total. The van der Waals surface area contributed by atoms with Gasteiger partial charge < -0.3 is 11.1 Å². The van der Waals surface area contributed by atoms with Gasteiger partial charge in [0.05, 0.1) is 11.6 Å². The Balaban J connectivity index is 2.97. The second-order valence-corrected chi connectivity index (χ2v) is 5.06. The summed E-state index contributed by atoms with van der Waals surface area (Å²) in [6, 6.07) is 5.38. The Hall–Kier alpha value is -1.55. The van der Waals surface area contributed by atoms with Gasteiger partial charge in [0.2, 0.25) is 0 Å². The van der Waals surface area contributed by atoms with Crippen LogP contribution in [0.5, 0.6) is 0 Å². The second-order valence-electron chi connectivity index (χ2n) is 4.79. The van der Waals surface area contributed by atoms with Crippen molar-refractivity contribution in [3.63, 3.8) is 0 Å². The Labute approximate surface area is 119 Å². The fraction of sp³-hybridized carbons (Fsp3) is 0.429. The number of aliphatic imine (C=N–C) groups is 1. The number of hydrogen-bond acceptors (Lipinski definition) is 2. The Morgan fingerprint density at radius 3 is 2.74 bits per heavy atom. The molecule has 0 aliphatic rings. The summed E-state index contributed by atoms with van der Waals surface area (Å²) in [6.45, 7) is 6.60. The van der Waals surface area contributed by atoms with Crippen molar-refractivity contribution in [1.29, 1.82) is 0 Å². The monoisotopic (exact) mass is 281 g/mol. The fourth-order valence-electron chi connectivity index (χ4n) is 1.57. The minimum atomic E-state index is -0.0901. The van der Waals surface area contributed by atoms with E-state index in [4.69, 9.17) is 17.3 Å². The first-order valence-electron chi connectivity index (χ1n) is 6.22. The third kappa shape index (κ3) is 4.56. The van der Waals surface area contributed by atoms with E-state index in [0.717, 1.165) is 5.56 Å². The van der Waals surface area contributed by atoms with Crippen LogP contribution in [0.4, 0.5) is 5.69 Å². The topological polar surface area (TPSA) is 67.5 Å². The molecule has 0 saturated heterocycles. The first-order valence-corrected chi connectivity index (χ1v) is 6.76. The molecule has 19 heavy (non-hydrogen) atoms. The first kappa shape index (κ1) is 15.5. The van der Waals surface area contributed by atoms with Gasteiger partial charge in [-0.15, -0.1) is 11.6 Å². The van der Waals surface area contributed by atoms with E-state index in [9.17, 15) is 4.79 Å². The van der Waals surface area contributed by atoms with E-state index in [1.165, 1.54) is 0 Å². The number of nitrogens with zero attached hydrogens (tertiary/aromatic N) is 1. The van der Waals surface area contributed by atoms with Crippen molar-refractivity contribution in [2.75, 3.05) is 12.4 Å². The van der Waals surface area contributed by atoms with Gasteiger partial charge >= 0.3 is 0 Å². The van der Waals surface area contributed by atoms with Gasteiger partial charge in [-0.3, -0.25) is 4.79 Å². The van der Waals surface area contributed by atoms with Gasteiger partial charge in [-0.1, -0.05) is 19.9 Å². The highest BCUT2D eigenvalue weighted by Crippen LogP contribution is 2.22. The largest absolute Gasteiger partial charge is 0.386 e. The first-order chi connectivity index (χ1) is 8.95. The van der Waals surface area contributed by atoms with Crippen LogP contribution in [0.15, 0.2) is 23.2 Å². The summed E-state index contributed by atoms with van der Waals surface area (Å²) < 4.78 is 0. The summed E-state index contributed by atoms with van der Waals surface area (Å²) in [4.78, 5) is 16.3. The van der Waals surface area contributed by atoms with E-state index >= 15 is 0 Å². The molecule has 3 N–H and O–H groups in total. The minimum Gasteiger partial charge on any atom is -0.386 e. The number of carbonyl (C=O) groups is 1. The molecule has 0 radical (unpaired) electrons. The lowest BCUT2D eigenvalue weighted by Gasteiger charge is -2.11. The van der Waals surface area contributed by atoms with Crippen LogP contribution in [0.2, 0.25) is 0 Å². The van der Waals surface area contributed by atoms with Crippen molar-refractivity contribution in [3.05, 3.63) is 29.3 Å². The van der Waals surface area contributed by atoms with Crippen LogP contribution in [0, 0.1) is 12.8 Å². The van der Waals surface area contributed by atoms with Crippen molar-refractivity contribution in [1.82, 2.24) is 5.32 Å². The molecule has 0 aliphatic carbocycles. The summed E-state index contributed by atoms with van der Waals surface area (Å²) in [5.41, 5.74) is 7.71. The number of alkyl halides is 1. The van der Waals surface area contributed by atoms with Crippen LogP contribution >= 0.6 is 11.6 Å². The van der Waals surface area contributed by atoms with Crippen LogP contribution in [-0.4, -0.2) is 24.2 Å². The number of benzene rings is 1. The lowest BCUT2D eigenvalue weighted by Crippen LogP contribution is -2.27. The molecular formula is C14H20ClN3O. The standard InChI is InChI=1S/C14H20ClN3O/c1-9(2)8-17-14(19)11-5-4-6-12(10(11)3)18-13(16)7-15/h4-6,9H,7-8H2,1-3H3,(H2,16,18)(H,17,19). The molecule has 104 valence electrons. The van der Waals surface area contributed by atoms with E-state index in [0.29, 0.717) is 29.5 Å². The SMILES string of the molecule is Cc1c(N=C(N)CCl)cccc1C(=O)NCC(C)C. The van der Waals surface area contributed by atoms with Crippen molar-refractivity contribution in [2.24, 2.45) is 16.6 Å². The van der Waals surface area contributed by atoms with Gasteiger partial charge in [-0.25, -0.2) is 4.99 Å². The molecule has 0 spiro atoms. The van der Waals surface area contributed by atoms with Crippen molar-refractivity contribution in [2.45, 2.75) is 20.8 Å². The summed E-state index contributed by atoms with van der Waals surface area (Å²) in [6.07, 6.45) is 0. The molecule has 1 aromatic rings. The molecule has 0 heterocycles. The van der Waals surface area contributed by atoms with E-state index in [2.05, 4.69) is 24.2 Å². The van der Waals surface area contributed by atoms with Crippen molar-refractivity contribution < 1.29 is 4.79 Å². The van der Waals surface area contributed by atoms with Crippen LogP contribution in [0.3, 0.4) is 0 Å². The van der Waals surface area contributed by atoms with Crippen LogP contribution in [0.1, 0.15) is 29.8 Å². The fourth-order valence-corrected chi connectivity index (χ4v) is 1.63. The van der Waals surface area contributed by atoms with Gasteiger partial charge in [-0.05, 0) is 30.5 Å². The molecule has 0 saturated carbocycles. The van der Waals surface area contributed by atoms with Gasteiger partial charge in [-0.2, -0.15) is 0 Å². The molecule has 0 aliphatic heterocycles. The zero-order valence-electron chi connectivity index (χ0n) is 11.5. The number of nitrogens with one attached hydrogen (secondary N) is 1. The predicted molar refractivity (Wildman–Crippen MR) is 80.4 cm³/mol. The molecule has 0 atom stereocenters. The highest BCUT2D eigenvalue weighted by molar-refractivity contribution is 6.28. The van der Waals surface area contributed by atoms with E-state index in [1.807, 2.05) is 13.0 Å². The van der Waals surface area contributed by atoms with Crippen LogP contribution < -0.4 is 11.1 Å². The maximum atomic E-state index is 12.1. The number of amides is 1. The summed E-state index contributed by atoms with van der Waals surface area (Å²) in [5.74, 6) is 0.831. The highest BCUT2D eigenvalue weighted by Gasteiger charge is 2.11. The predicted octanol–water partition coefficient (Wildman–Crippen LogP) is 2.61. The average Bonchev–Trinajstić information content (AvgIpc) is 2.38. The summed E-state index contributed by atoms with van der Waals surface area (Å²) in [5, 5.41) is 2.89. The normalized spacial score (nSPS) is 11.7. The van der Waals surface area contributed by atoms with Gasteiger partial charge in [0.15, 0.2) is 0 Å². The number of carbonyl (C=O) groups excluding carboxylic acids is 1. The summed E-state index contributed by atoms with van der Waals surface area (Å²) in [7, 11) is 0. The second kappa shape index (κ2) is 7.14. The van der Waals surface area contributed by atoms with Gasteiger partial charge in [0.25, 0.3) is 5.91 Å². The molecule has 1 amide bonds. The van der Waals surface area contributed by atoms with Crippen molar-refractivity contribution in [3.8, 4) is 0 Å². The zero-order chi connectivity index (χ0) is 14.4. The zero-order valence-corrected chi connectivity index (χ0v) is 12.3. The average molecular weight is 282 g/mol. The molecule has 1 rings (SSSR count). The Morgan fingerprint density at radius 1 is 1.47 bits per heavy atom. The lowest BCUT2D eigenvalue weighted by molar-refractivity contribution is 0.0948. The van der Waals surface area contributed by atoms with Crippen molar-refractivity contribution >= 4 is 29.0 Å². The van der Waals surface area contributed by atoms with Gasteiger partial charge in [0.1, 0.15) is 5.84 Å². The maximum Gasteiger partial charge on any atom is 0.251 e. The van der Waals surface area contributed by atoms with Gasteiger partial charge in [0, 0.05) is 12.1 Å². The molecule has 0 bridgehead atoms. The number of nitrogens with two attached hydrogens (primary N) is 1. The minimum absolute atomic E-state index is 0.0901. The maximum absolute atomic E-state index is 12.1. The smallest absolute Gasteiger partial charge is 0.251 e. The number of halogens is 1. The molecule has 0 aromatic heterocycles. The third-order valence-corrected chi connectivity index (χ3v) is 2.90. The molecule has 5 heteroatoms. The Kier molecular flexibility index (Phi) is 5.83. The number of amidine groups is 1. The van der Waals surface area contributed by atoms with E-state index in [-0.39, 0.29) is 11.8 Å². The highest BCUT2D eigenvalue weighted by atomic mass is 35.5.